The predicted molar refractivity (Wildman–Crippen MR) is 68.3 cm³/mol. The first-order valence-electron chi connectivity index (χ1n) is 6.02. The van der Waals surface area contributed by atoms with Crippen LogP contribution in [0.3, 0.4) is 0 Å². The first kappa shape index (κ1) is 12.7. The highest BCUT2D eigenvalue weighted by Crippen LogP contribution is 2.16. The smallest absolute Gasteiger partial charge is 0.166 e. The monoisotopic (exact) mass is 230 g/mol. The SMILES string of the molecule is C[NH+](C)CCNC(=S)NC1CCCCC1. The molecule has 0 saturated heterocycles. The molecular weight excluding hydrogens is 206 g/mol. The third-order valence-electron chi connectivity index (χ3n) is 2.85. The van der Waals surface area contributed by atoms with E-state index in [1.807, 2.05) is 0 Å². The van der Waals surface area contributed by atoms with Crippen molar-refractivity contribution in [3.05, 3.63) is 0 Å². The molecule has 3 nitrogen and oxygen atoms in total. The van der Waals surface area contributed by atoms with Crippen molar-refractivity contribution >= 4 is 17.3 Å². The van der Waals surface area contributed by atoms with Crippen LogP contribution in [0.5, 0.6) is 0 Å². The van der Waals surface area contributed by atoms with Crippen LogP contribution in [-0.4, -0.2) is 38.3 Å². The van der Waals surface area contributed by atoms with Gasteiger partial charge in [-0.25, -0.2) is 0 Å². The van der Waals surface area contributed by atoms with Gasteiger partial charge in [0, 0.05) is 6.04 Å². The second-order valence-corrected chi connectivity index (χ2v) is 5.10. The minimum Gasteiger partial charge on any atom is -0.360 e. The highest BCUT2D eigenvalue weighted by atomic mass is 32.1. The molecule has 0 aromatic carbocycles. The molecule has 0 unspecified atom stereocenters. The van der Waals surface area contributed by atoms with E-state index in [0.717, 1.165) is 18.2 Å². The number of hydrogen-bond donors (Lipinski definition) is 3. The van der Waals surface area contributed by atoms with Crippen LogP contribution >= 0.6 is 12.2 Å². The zero-order valence-electron chi connectivity index (χ0n) is 9.94. The summed E-state index contributed by atoms with van der Waals surface area (Å²) in [6.45, 7) is 2.06. The van der Waals surface area contributed by atoms with Gasteiger partial charge in [-0.05, 0) is 25.1 Å². The fourth-order valence-electron chi connectivity index (χ4n) is 1.91. The molecule has 1 rings (SSSR count). The molecule has 1 aliphatic carbocycles. The third kappa shape index (κ3) is 5.95. The fraction of sp³-hybridized carbons (Fsp3) is 0.909. The van der Waals surface area contributed by atoms with Crippen LogP contribution in [0.4, 0.5) is 0 Å². The van der Waals surface area contributed by atoms with E-state index < -0.39 is 0 Å². The molecule has 0 aliphatic heterocycles. The number of quaternary nitrogens is 1. The molecule has 88 valence electrons. The van der Waals surface area contributed by atoms with Gasteiger partial charge in [0.1, 0.15) is 0 Å². The van der Waals surface area contributed by atoms with Gasteiger partial charge in [0.2, 0.25) is 0 Å². The Balaban J connectivity index is 2.06. The van der Waals surface area contributed by atoms with Gasteiger partial charge in [-0.15, -0.1) is 0 Å². The lowest BCUT2D eigenvalue weighted by Gasteiger charge is -2.24. The Morgan fingerprint density at radius 1 is 1.27 bits per heavy atom. The van der Waals surface area contributed by atoms with Gasteiger partial charge >= 0.3 is 0 Å². The van der Waals surface area contributed by atoms with E-state index in [1.165, 1.54) is 37.0 Å². The first-order valence-corrected chi connectivity index (χ1v) is 6.42. The quantitative estimate of drug-likeness (QED) is 0.591. The number of thiocarbonyl (C=S) groups is 1. The molecule has 0 aromatic rings. The summed E-state index contributed by atoms with van der Waals surface area (Å²) >= 11 is 5.26. The average molecular weight is 230 g/mol. The molecule has 1 saturated carbocycles. The Bertz CT molecular complexity index is 188. The first-order chi connectivity index (χ1) is 7.18. The van der Waals surface area contributed by atoms with Crippen LogP contribution in [0.1, 0.15) is 32.1 Å². The van der Waals surface area contributed by atoms with E-state index >= 15 is 0 Å². The maximum absolute atomic E-state index is 5.26. The van der Waals surface area contributed by atoms with E-state index in [1.54, 1.807) is 0 Å². The molecule has 0 bridgehead atoms. The zero-order chi connectivity index (χ0) is 11.1. The lowest BCUT2D eigenvalue weighted by atomic mass is 9.96. The normalized spacial score (nSPS) is 17.8. The van der Waals surface area contributed by atoms with Gasteiger partial charge in [0.15, 0.2) is 5.11 Å². The molecule has 0 amide bonds. The topological polar surface area (TPSA) is 28.5 Å². The third-order valence-corrected chi connectivity index (χ3v) is 3.11. The van der Waals surface area contributed by atoms with Crippen LogP contribution < -0.4 is 15.5 Å². The number of nitrogens with one attached hydrogen (secondary N) is 3. The summed E-state index contributed by atoms with van der Waals surface area (Å²) in [5.74, 6) is 0. The lowest BCUT2D eigenvalue weighted by Crippen LogP contribution is -3.06. The average Bonchev–Trinajstić information content (AvgIpc) is 2.18. The maximum Gasteiger partial charge on any atom is 0.166 e. The van der Waals surface area contributed by atoms with Crippen LogP contribution in [0.2, 0.25) is 0 Å². The summed E-state index contributed by atoms with van der Waals surface area (Å²) in [4.78, 5) is 1.45. The fourth-order valence-corrected chi connectivity index (χ4v) is 2.18. The van der Waals surface area contributed by atoms with Crippen molar-refractivity contribution in [1.29, 1.82) is 0 Å². The van der Waals surface area contributed by atoms with Gasteiger partial charge in [-0.1, -0.05) is 19.3 Å². The van der Waals surface area contributed by atoms with E-state index in [2.05, 4.69) is 24.7 Å². The zero-order valence-corrected chi connectivity index (χ0v) is 10.8. The van der Waals surface area contributed by atoms with Gasteiger partial charge in [0.25, 0.3) is 0 Å². The van der Waals surface area contributed by atoms with E-state index in [0.29, 0.717) is 6.04 Å². The van der Waals surface area contributed by atoms with Crippen molar-refractivity contribution in [2.45, 2.75) is 38.1 Å². The second kappa shape index (κ2) is 7.01. The van der Waals surface area contributed by atoms with E-state index in [4.69, 9.17) is 12.2 Å². The molecule has 0 atom stereocenters. The highest BCUT2D eigenvalue weighted by molar-refractivity contribution is 7.80. The largest absolute Gasteiger partial charge is 0.360 e. The van der Waals surface area contributed by atoms with Crippen molar-refractivity contribution < 1.29 is 4.90 Å². The molecule has 0 radical (unpaired) electrons. The molecule has 1 aliphatic rings. The predicted octanol–water partition coefficient (Wildman–Crippen LogP) is -0.0723. The summed E-state index contributed by atoms with van der Waals surface area (Å²) in [6, 6.07) is 0.616. The summed E-state index contributed by atoms with van der Waals surface area (Å²) in [5, 5.41) is 7.50. The maximum atomic E-state index is 5.26. The molecule has 0 aromatic heterocycles. The summed E-state index contributed by atoms with van der Waals surface area (Å²) in [7, 11) is 4.30. The number of likely N-dealkylation sites (N-methyl/N-ethyl adjacent to an activating group) is 1. The molecule has 0 spiro atoms. The minimum atomic E-state index is 0.616. The standard InChI is InChI=1S/C11H23N3S/c1-14(2)9-8-12-11(15)13-10-6-4-3-5-7-10/h10H,3-9H2,1-2H3,(H2,12,13,15)/p+1. The van der Waals surface area contributed by atoms with Gasteiger partial charge in [-0.2, -0.15) is 0 Å². The molecule has 15 heavy (non-hydrogen) atoms. The number of rotatable bonds is 4. The molecule has 4 heteroatoms. The summed E-state index contributed by atoms with van der Waals surface area (Å²) in [5.41, 5.74) is 0. The van der Waals surface area contributed by atoms with Gasteiger partial charge < -0.3 is 15.5 Å². The summed E-state index contributed by atoms with van der Waals surface area (Å²) in [6.07, 6.45) is 6.65. The van der Waals surface area contributed by atoms with Crippen LogP contribution in [0, 0.1) is 0 Å². The van der Waals surface area contributed by atoms with Crippen LogP contribution in [-0.2, 0) is 0 Å². The van der Waals surface area contributed by atoms with Gasteiger partial charge in [0.05, 0.1) is 27.2 Å². The Morgan fingerprint density at radius 3 is 2.53 bits per heavy atom. The number of hydrogen-bond acceptors (Lipinski definition) is 1. The molecule has 3 N–H and O–H groups in total. The van der Waals surface area contributed by atoms with Crippen molar-refractivity contribution in [3.63, 3.8) is 0 Å². The Labute approximate surface area is 98.6 Å². The highest BCUT2D eigenvalue weighted by Gasteiger charge is 2.13. The molecule has 1 fully saturated rings. The van der Waals surface area contributed by atoms with Crippen LogP contribution in [0.25, 0.3) is 0 Å². The Kier molecular flexibility index (Phi) is 5.95. The van der Waals surface area contributed by atoms with E-state index in [-0.39, 0.29) is 0 Å². The second-order valence-electron chi connectivity index (χ2n) is 4.69. The Morgan fingerprint density at radius 2 is 1.93 bits per heavy atom. The van der Waals surface area contributed by atoms with Crippen molar-refractivity contribution in [2.75, 3.05) is 27.2 Å². The Hall–Kier alpha value is -0.350. The van der Waals surface area contributed by atoms with Gasteiger partial charge in [-0.3, -0.25) is 0 Å². The minimum absolute atomic E-state index is 0.616. The van der Waals surface area contributed by atoms with E-state index in [9.17, 15) is 0 Å². The van der Waals surface area contributed by atoms with Crippen LogP contribution in [0.15, 0.2) is 0 Å². The molecular formula is C11H24N3S+. The van der Waals surface area contributed by atoms with Crippen molar-refractivity contribution in [1.82, 2.24) is 10.6 Å². The van der Waals surface area contributed by atoms with Crippen molar-refractivity contribution in [3.8, 4) is 0 Å². The lowest BCUT2D eigenvalue weighted by molar-refractivity contribution is -0.856. The summed E-state index contributed by atoms with van der Waals surface area (Å²) < 4.78 is 0. The van der Waals surface area contributed by atoms with Crippen molar-refractivity contribution in [2.24, 2.45) is 0 Å². The molecule has 0 heterocycles.